The molecule has 6 heteroatoms. The van der Waals surface area contributed by atoms with Crippen LogP contribution in [0, 0.1) is 5.82 Å². The first kappa shape index (κ1) is 14.3. The molecule has 1 aromatic rings. The Morgan fingerprint density at radius 2 is 2.00 bits per heavy atom. The maximum atomic E-state index is 13.9. The SMILES string of the molecule is CCN1CCN(c2cc(Br)cc(F)c2C(N)=O)CC1. The maximum Gasteiger partial charge on any atom is 0.253 e. The zero-order valence-electron chi connectivity index (χ0n) is 10.8. The van der Waals surface area contributed by atoms with Gasteiger partial charge in [0.25, 0.3) is 5.91 Å². The molecule has 1 amide bonds. The van der Waals surface area contributed by atoms with Gasteiger partial charge in [0.05, 0.1) is 11.3 Å². The van der Waals surface area contributed by atoms with Crippen LogP contribution in [-0.2, 0) is 0 Å². The van der Waals surface area contributed by atoms with Gasteiger partial charge in [-0.3, -0.25) is 4.79 Å². The van der Waals surface area contributed by atoms with Crippen LogP contribution in [0.3, 0.4) is 0 Å². The van der Waals surface area contributed by atoms with E-state index in [1.807, 2.05) is 4.90 Å². The minimum atomic E-state index is -0.724. The Hall–Kier alpha value is -1.14. The van der Waals surface area contributed by atoms with Crippen LogP contribution in [0.25, 0.3) is 0 Å². The number of anilines is 1. The van der Waals surface area contributed by atoms with Crippen molar-refractivity contribution in [3.05, 3.63) is 28.0 Å². The largest absolute Gasteiger partial charge is 0.368 e. The van der Waals surface area contributed by atoms with Crippen molar-refractivity contribution < 1.29 is 9.18 Å². The lowest BCUT2D eigenvalue weighted by Crippen LogP contribution is -2.46. The van der Waals surface area contributed by atoms with Crippen molar-refractivity contribution in [2.24, 2.45) is 5.73 Å². The van der Waals surface area contributed by atoms with Gasteiger partial charge in [0, 0.05) is 30.7 Å². The number of piperazine rings is 1. The van der Waals surface area contributed by atoms with E-state index >= 15 is 0 Å². The molecule has 1 aromatic carbocycles. The number of carbonyl (C=O) groups excluding carboxylic acids is 1. The zero-order chi connectivity index (χ0) is 14.0. The van der Waals surface area contributed by atoms with Crippen LogP contribution in [0.15, 0.2) is 16.6 Å². The molecule has 1 aliphatic rings. The highest BCUT2D eigenvalue weighted by Gasteiger charge is 2.23. The van der Waals surface area contributed by atoms with E-state index in [9.17, 15) is 9.18 Å². The molecule has 0 aromatic heterocycles. The highest BCUT2D eigenvalue weighted by atomic mass is 79.9. The molecule has 0 saturated carbocycles. The fourth-order valence-electron chi connectivity index (χ4n) is 2.36. The first-order valence-corrected chi connectivity index (χ1v) is 7.08. The van der Waals surface area contributed by atoms with Gasteiger partial charge in [-0.05, 0) is 18.7 Å². The predicted octanol–water partition coefficient (Wildman–Crippen LogP) is 1.83. The highest BCUT2D eigenvalue weighted by Crippen LogP contribution is 2.28. The molecule has 0 unspecified atom stereocenters. The second kappa shape index (κ2) is 5.88. The van der Waals surface area contributed by atoms with Gasteiger partial charge in [0.2, 0.25) is 0 Å². The average molecular weight is 330 g/mol. The number of benzene rings is 1. The second-order valence-corrected chi connectivity index (χ2v) is 5.48. The van der Waals surface area contributed by atoms with Crippen LogP contribution in [0.2, 0.25) is 0 Å². The Morgan fingerprint density at radius 3 is 2.53 bits per heavy atom. The molecule has 4 nitrogen and oxygen atoms in total. The fourth-order valence-corrected chi connectivity index (χ4v) is 2.78. The van der Waals surface area contributed by atoms with E-state index in [4.69, 9.17) is 5.73 Å². The summed E-state index contributed by atoms with van der Waals surface area (Å²) in [5.41, 5.74) is 5.85. The summed E-state index contributed by atoms with van der Waals surface area (Å²) >= 11 is 3.26. The monoisotopic (exact) mass is 329 g/mol. The minimum absolute atomic E-state index is 0.0202. The molecule has 19 heavy (non-hydrogen) atoms. The average Bonchev–Trinajstić information content (AvgIpc) is 2.37. The molecular weight excluding hydrogens is 313 g/mol. The van der Waals surface area contributed by atoms with Crippen molar-refractivity contribution in [1.29, 1.82) is 0 Å². The molecule has 2 N–H and O–H groups in total. The normalized spacial score (nSPS) is 16.7. The topological polar surface area (TPSA) is 49.6 Å². The van der Waals surface area contributed by atoms with E-state index in [0.717, 1.165) is 32.7 Å². The first-order chi connectivity index (χ1) is 9.02. The van der Waals surface area contributed by atoms with E-state index in [2.05, 4.69) is 27.8 Å². The highest BCUT2D eigenvalue weighted by molar-refractivity contribution is 9.10. The number of nitrogens with zero attached hydrogens (tertiary/aromatic N) is 2. The van der Waals surface area contributed by atoms with Crippen molar-refractivity contribution in [2.75, 3.05) is 37.6 Å². The standard InChI is InChI=1S/C13H17BrFN3O/c1-2-17-3-5-18(6-4-17)11-8-9(14)7-10(15)12(11)13(16)19/h7-8H,2-6H2,1H3,(H2,16,19). The number of hydrogen-bond acceptors (Lipinski definition) is 3. The van der Waals surface area contributed by atoms with Crippen LogP contribution >= 0.6 is 15.9 Å². The summed E-state index contributed by atoms with van der Waals surface area (Å²) in [6.07, 6.45) is 0. The third kappa shape index (κ3) is 3.06. The summed E-state index contributed by atoms with van der Waals surface area (Å²) in [6, 6.07) is 3.02. The van der Waals surface area contributed by atoms with Crippen LogP contribution in [-0.4, -0.2) is 43.5 Å². The van der Waals surface area contributed by atoms with Crippen LogP contribution < -0.4 is 10.6 Å². The van der Waals surface area contributed by atoms with Crippen molar-refractivity contribution >= 4 is 27.5 Å². The number of carbonyl (C=O) groups is 1. The smallest absolute Gasteiger partial charge is 0.253 e. The zero-order valence-corrected chi connectivity index (χ0v) is 12.4. The molecule has 0 radical (unpaired) electrons. The number of likely N-dealkylation sites (N-methyl/N-ethyl adjacent to an activating group) is 1. The number of halogens is 2. The molecule has 0 spiro atoms. The summed E-state index contributed by atoms with van der Waals surface area (Å²) in [6.45, 7) is 6.46. The Bertz CT molecular complexity index is 487. The van der Waals surface area contributed by atoms with E-state index in [-0.39, 0.29) is 5.56 Å². The van der Waals surface area contributed by atoms with Gasteiger partial charge in [-0.15, -0.1) is 0 Å². The van der Waals surface area contributed by atoms with E-state index < -0.39 is 11.7 Å². The fraction of sp³-hybridized carbons (Fsp3) is 0.462. The van der Waals surface area contributed by atoms with Gasteiger partial charge in [0.15, 0.2) is 0 Å². The molecular formula is C13H17BrFN3O. The van der Waals surface area contributed by atoms with Crippen molar-refractivity contribution in [1.82, 2.24) is 4.90 Å². The number of nitrogens with two attached hydrogens (primary N) is 1. The molecule has 1 aliphatic heterocycles. The molecule has 1 heterocycles. The van der Waals surface area contributed by atoms with Crippen LogP contribution in [0.1, 0.15) is 17.3 Å². The van der Waals surface area contributed by atoms with E-state index in [0.29, 0.717) is 10.2 Å². The van der Waals surface area contributed by atoms with Gasteiger partial charge in [-0.1, -0.05) is 22.9 Å². The summed E-state index contributed by atoms with van der Waals surface area (Å²) in [4.78, 5) is 15.8. The van der Waals surface area contributed by atoms with Crippen LogP contribution in [0.5, 0.6) is 0 Å². The Balaban J connectivity index is 2.31. The van der Waals surface area contributed by atoms with E-state index in [1.165, 1.54) is 6.07 Å². The summed E-state index contributed by atoms with van der Waals surface area (Å²) in [5, 5.41) is 0. The Kier molecular flexibility index (Phi) is 4.42. The predicted molar refractivity (Wildman–Crippen MR) is 76.9 cm³/mol. The van der Waals surface area contributed by atoms with Crippen molar-refractivity contribution in [3.63, 3.8) is 0 Å². The van der Waals surface area contributed by atoms with Gasteiger partial charge >= 0.3 is 0 Å². The first-order valence-electron chi connectivity index (χ1n) is 6.29. The third-order valence-electron chi connectivity index (χ3n) is 3.44. The van der Waals surface area contributed by atoms with Gasteiger partial charge < -0.3 is 15.5 Å². The molecule has 0 atom stereocenters. The maximum absolute atomic E-state index is 13.9. The quantitative estimate of drug-likeness (QED) is 0.920. The Morgan fingerprint density at radius 1 is 1.37 bits per heavy atom. The van der Waals surface area contributed by atoms with Crippen molar-refractivity contribution in [2.45, 2.75) is 6.92 Å². The second-order valence-electron chi connectivity index (χ2n) is 4.57. The molecule has 2 rings (SSSR count). The minimum Gasteiger partial charge on any atom is -0.368 e. The third-order valence-corrected chi connectivity index (χ3v) is 3.90. The van der Waals surface area contributed by atoms with Gasteiger partial charge in [0.1, 0.15) is 5.82 Å². The van der Waals surface area contributed by atoms with Crippen molar-refractivity contribution in [3.8, 4) is 0 Å². The van der Waals surface area contributed by atoms with E-state index in [1.54, 1.807) is 6.07 Å². The lowest BCUT2D eigenvalue weighted by atomic mass is 10.1. The van der Waals surface area contributed by atoms with Crippen LogP contribution in [0.4, 0.5) is 10.1 Å². The molecule has 1 fully saturated rings. The summed E-state index contributed by atoms with van der Waals surface area (Å²) in [7, 11) is 0. The summed E-state index contributed by atoms with van der Waals surface area (Å²) in [5.74, 6) is -1.30. The molecule has 1 saturated heterocycles. The number of hydrogen-bond donors (Lipinski definition) is 1. The summed E-state index contributed by atoms with van der Waals surface area (Å²) < 4.78 is 14.5. The number of amides is 1. The lowest BCUT2D eigenvalue weighted by Gasteiger charge is -2.36. The van der Waals surface area contributed by atoms with Gasteiger partial charge in [-0.25, -0.2) is 4.39 Å². The van der Waals surface area contributed by atoms with Gasteiger partial charge in [-0.2, -0.15) is 0 Å². The Labute approximate surface area is 120 Å². The number of rotatable bonds is 3. The molecule has 0 bridgehead atoms. The molecule has 104 valence electrons. The number of primary amides is 1. The lowest BCUT2D eigenvalue weighted by molar-refractivity contribution is 0.0996. The molecule has 0 aliphatic carbocycles.